The van der Waals surface area contributed by atoms with Gasteiger partial charge in [-0.25, -0.2) is 4.79 Å². The van der Waals surface area contributed by atoms with Gasteiger partial charge in [0, 0.05) is 12.8 Å². The lowest BCUT2D eigenvalue weighted by atomic mass is 9.80. The van der Waals surface area contributed by atoms with Crippen molar-refractivity contribution in [1.82, 2.24) is 5.06 Å². The largest absolute Gasteiger partial charge is 0.533 e. The Morgan fingerprint density at radius 3 is 2.04 bits per heavy atom. The molecule has 0 radical (unpaired) electrons. The molecule has 3 aliphatic rings. The summed E-state index contributed by atoms with van der Waals surface area (Å²) in [6, 6.07) is 0. The van der Waals surface area contributed by atoms with Gasteiger partial charge in [0.1, 0.15) is 0 Å². The third-order valence-corrected chi connectivity index (χ3v) is 5.74. The summed E-state index contributed by atoms with van der Waals surface area (Å²) in [5, 5.41) is 0.532. The van der Waals surface area contributed by atoms with Crippen molar-refractivity contribution in [1.29, 1.82) is 0 Å². The van der Waals surface area contributed by atoms with Crippen LogP contribution in [0.2, 0.25) is 0 Å². The number of amides is 2. The number of ether oxygens (including phenoxy) is 1. The number of allylic oxidation sites excluding steroid dienone is 2. The molecule has 6 heteroatoms. The first-order valence-corrected chi connectivity index (χ1v) is 9.49. The van der Waals surface area contributed by atoms with Crippen LogP contribution in [0.15, 0.2) is 12.2 Å². The van der Waals surface area contributed by atoms with Crippen molar-refractivity contribution in [3.8, 4) is 0 Å². The van der Waals surface area contributed by atoms with Crippen LogP contribution in [-0.2, 0) is 19.2 Å². The fourth-order valence-electron chi connectivity index (χ4n) is 4.24. The normalized spacial score (nSPS) is 30.2. The SMILES string of the molecule is O=C(OCC1CC[C@H]2CCC=CCC[C@H]2CC1)ON1C(=O)CCC1=O. The molecule has 0 aromatic heterocycles. The van der Waals surface area contributed by atoms with E-state index in [9.17, 15) is 14.4 Å². The molecule has 0 aromatic carbocycles. The molecule has 25 heavy (non-hydrogen) atoms. The Balaban J connectivity index is 1.43. The van der Waals surface area contributed by atoms with E-state index in [-0.39, 0.29) is 12.8 Å². The molecular weight excluding hydrogens is 322 g/mol. The van der Waals surface area contributed by atoms with Crippen LogP contribution in [0, 0.1) is 17.8 Å². The molecule has 2 amide bonds. The molecule has 1 saturated heterocycles. The van der Waals surface area contributed by atoms with Crippen molar-refractivity contribution in [2.75, 3.05) is 6.61 Å². The quantitative estimate of drug-likeness (QED) is 0.441. The molecule has 0 bridgehead atoms. The van der Waals surface area contributed by atoms with Crippen molar-refractivity contribution in [3.05, 3.63) is 12.2 Å². The predicted molar refractivity (Wildman–Crippen MR) is 90.1 cm³/mol. The molecule has 0 spiro atoms. The second-order valence-corrected chi connectivity index (χ2v) is 7.40. The number of hydrogen-bond acceptors (Lipinski definition) is 5. The van der Waals surface area contributed by atoms with Gasteiger partial charge in [-0.3, -0.25) is 14.4 Å². The Morgan fingerprint density at radius 2 is 1.48 bits per heavy atom. The van der Waals surface area contributed by atoms with Gasteiger partial charge in [0.2, 0.25) is 0 Å². The van der Waals surface area contributed by atoms with E-state index in [2.05, 4.69) is 12.2 Å². The van der Waals surface area contributed by atoms with Crippen LogP contribution in [0.5, 0.6) is 0 Å². The molecule has 6 nitrogen and oxygen atoms in total. The molecule has 2 aliphatic carbocycles. The Kier molecular flexibility index (Phi) is 6.10. The van der Waals surface area contributed by atoms with E-state index >= 15 is 0 Å². The first-order valence-electron chi connectivity index (χ1n) is 9.49. The monoisotopic (exact) mass is 349 g/mol. The van der Waals surface area contributed by atoms with E-state index in [0.29, 0.717) is 17.6 Å². The molecule has 3 rings (SSSR count). The van der Waals surface area contributed by atoms with Crippen molar-refractivity contribution in [2.24, 2.45) is 17.8 Å². The van der Waals surface area contributed by atoms with Gasteiger partial charge in [0.15, 0.2) is 0 Å². The molecule has 138 valence electrons. The average molecular weight is 349 g/mol. The summed E-state index contributed by atoms with van der Waals surface area (Å²) >= 11 is 0. The number of imide groups is 1. The Hall–Kier alpha value is -1.85. The van der Waals surface area contributed by atoms with Crippen molar-refractivity contribution in [3.63, 3.8) is 0 Å². The maximum absolute atomic E-state index is 11.8. The van der Waals surface area contributed by atoms with Crippen LogP contribution in [0.4, 0.5) is 4.79 Å². The van der Waals surface area contributed by atoms with Gasteiger partial charge in [0.25, 0.3) is 11.8 Å². The number of hydrogen-bond donors (Lipinski definition) is 0. The lowest BCUT2D eigenvalue weighted by Gasteiger charge is -2.25. The smallest absolute Gasteiger partial charge is 0.432 e. The van der Waals surface area contributed by atoms with Crippen molar-refractivity contribution >= 4 is 18.0 Å². The zero-order valence-corrected chi connectivity index (χ0v) is 14.7. The van der Waals surface area contributed by atoms with Crippen LogP contribution in [0.1, 0.15) is 64.2 Å². The van der Waals surface area contributed by atoms with Gasteiger partial charge in [-0.05, 0) is 69.1 Å². The van der Waals surface area contributed by atoms with E-state index in [1.54, 1.807) is 0 Å². The predicted octanol–water partition coefficient (Wildman–Crippen LogP) is 3.76. The molecule has 1 saturated carbocycles. The summed E-state index contributed by atoms with van der Waals surface area (Å²) < 4.78 is 5.18. The van der Waals surface area contributed by atoms with Gasteiger partial charge < -0.3 is 4.74 Å². The molecule has 1 aliphatic heterocycles. The van der Waals surface area contributed by atoms with Crippen molar-refractivity contribution in [2.45, 2.75) is 64.2 Å². The number of hydroxylamine groups is 2. The van der Waals surface area contributed by atoms with E-state index in [4.69, 9.17) is 9.57 Å². The summed E-state index contributed by atoms with van der Waals surface area (Å²) in [4.78, 5) is 39.4. The number of carbonyl (C=O) groups is 3. The van der Waals surface area contributed by atoms with Crippen LogP contribution >= 0.6 is 0 Å². The first-order chi connectivity index (χ1) is 12.1. The molecule has 1 heterocycles. The number of carbonyl (C=O) groups excluding carboxylic acids is 3. The maximum atomic E-state index is 11.8. The molecule has 0 aromatic rings. The van der Waals surface area contributed by atoms with Gasteiger partial charge >= 0.3 is 6.16 Å². The lowest BCUT2D eigenvalue weighted by molar-refractivity contribution is -0.177. The van der Waals surface area contributed by atoms with Crippen LogP contribution < -0.4 is 0 Å². The number of nitrogens with zero attached hydrogens (tertiary/aromatic N) is 1. The minimum atomic E-state index is -0.955. The highest BCUT2D eigenvalue weighted by molar-refractivity contribution is 6.01. The third-order valence-electron chi connectivity index (χ3n) is 5.74. The highest BCUT2D eigenvalue weighted by Gasteiger charge is 2.34. The zero-order chi connectivity index (χ0) is 17.6. The number of rotatable bonds is 3. The minimum Gasteiger partial charge on any atom is -0.432 e. The Morgan fingerprint density at radius 1 is 0.920 bits per heavy atom. The van der Waals surface area contributed by atoms with Gasteiger partial charge in [-0.2, -0.15) is 0 Å². The summed E-state index contributed by atoms with van der Waals surface area (Å²) in [6.45, 7) is 0.298. The van der Waals surface area contributed by atoms with Crippen LogP contribution in [-0.4, -0.2) is 29.6 Å². The summed E-state index contributed by atoms with van der Waals surface area (Å²) in [5.41, 5.74) is 0. The molecule has 2 fully saturated rings. The van der Waals surface area contributed by atoms with Gasteiger partial charge in [-0.1, -0.05) is 17.2 Å². The van der Waals surface area contributed by atoms with Gasteiger partial charge in [-0.15, -0.1) is 0 Å². The van der Waals surface area contributed by atoms with Crippen molar-refractivity contribution < 1.29 is 24.0 Å². The molecular formula is C19H27NO5. The summed E-state index contributed by atoms with van der Waals surface area (Å²) in [5.74, 6) is 0.921. The molecule has 1 unspecified atom stereocenters. The Bertz CT molecular complexity index is 508. The minimum absolute atomic E-state index is 0.0897. The van der Waals surface area contributed by atoms with E-state index in [1.165, 1.54) is 38.5 Å². The van der Waals surface area contributed by atoms with Gasteiger partial charge in [0.05, 0.1) is 6.61 Å². The van der Waals surface area contributed by atoms with Crippen LogP contribution in [0.3, 0.4) is 0 Å². The summed E-state index contributed by atoms with van der Waals surface area (Å²) in [6.07, 6.45) is 13.2. The second kappa shape index (κ2) is 8.50. The Labute approximate surface area is 148 Å². The third kappa shape index (κ3) is 4.83. The fraction of sp³-hybridized carbons (Fsp3) is 0.737. The highest BCUT2D eigenvalue weighted by Crippen LogP contribution is 2.38. The second-order valence-electron chi connectivity index (χ2n) is 7.40. The highest BCUT2D eigenvalue weighted by atomic mass is 16.8. The standard InChI is InChI=1S/C19H27NO5/c21-17-11-12-18(22)20(17)25-19(23)24-13-14-7-9-15-5-3-1-2-4-6-16(15)10-8-14/h1-2,14-16H,3-13H2/t14?,15-,16+. The topological polar surface area (TPSA) is 72.9 Å². The van der Waals surface area contributed by atoms with E-state index < -0.39 is 18.0 Å². The fourth-order valence-corrected chi connectivity index (χ4v) is 4.24. The summed E-state index contributed by atoms with van der Waals surface area (Å²) in [7, 11) is 0. The average Bonchev–Trinajstić information content (AvgIpc) is 2.78. The molecule has 3 atom stereocenters. The lowest BCUT2D eigenvalue weighted by Crippen LogP contribution is -2.32. The van der Waals surface area contributed by atoms with E-state index in [1.807, 2.05) is 0 Å². The van der Waals surface area contributed by atoms with Crippen LogP contribution in [0.25, 0.3) is 0 Å². The molecule has 0 N–H and O–H groups in total. The zero-order valence-electron chi connectivity index (χ0n) is 14.7. The maximum Gasteiger partial charge on any atom is 0.533 e. The number of fused-ring (bicyclic) bond motifs is 1. The first kappa shape index (κ1) is 18.0. The van der Waals surface area contributed by atoms with E-state index in [0.717, 1.165) is 24.7 Å².